The highest BCUT2D eigenvalue weighted by atomic mass is 127. The minimum atomic E-state index is 0. The van der Waals surface area contributed by atoms with Gasteiger partial charge >= 0.3 is 0 Å². The molecular weight excluding hydrogens is 429 g/mol. The molecule has 0 aliphatic carbocycles. The summed E-state index contributed by atoms with van der Waals surface area (Å²) in [6, 6.07) is 16.0. The lowest BCUT2D eigenvalue weighted by molar-refractivity contribution is 0.146. The van der Waals surface area contributed by atoms with Crippen molar-refractivity contribution in [3.8, 4) is 5.75 Å². The molecule has 5 nitrogen and oxygen atoms in total. The highest BCUT2D eigenvalue weighted by Gasteiger charge is 1.99. The van der Waals surface area contributed by atoms with Crippen LogP contribution in [0.15, 0.2) is 53.5 Å². The van der Waals surface area contributed by atoms with Crippen LogP contribution in [0, 0.1) is 0 Å². The predicted molar refractivity (Wildman–Crippen MR) is 114 cm³/mol. The van der Waals surface area contributed by atoms with Crippen LogP contribution in [0.4, 0.5) is 5.69 Å². The predicted octanol–water partition coefficient (Wildman–Crippen LogP) is 3.82. The number of rotatable bonds is 8. The number of halogens is 1. The number of guanidine groups is 1. The summed E-state index contributed by atoms with van der Waals surface area (Å²) in [5.74, 6) is 1.20. The van der Waals surface area contributed by atoms with E-state index in [0.717, 1.165) is 23.4 Å². The summed E-state index contributed by atoms with van der Waals surface area (Å²) in [5.41, 5.74) is 9.22. The maximum absolute atomic E-state index is 5.95. The molecule has 6 heteroatoms. The lowest BCUT2D eigenvalue weighted by Gasteiger charge is -2.08. The van der Waals surface area contributed by atoms with Gasteiger partial charge in [0.05, 0.1) is 13.2 Å². The second-order valence-corrected chi connectivity index (χ2v) is 5.37. The molecule has 0 amide bonds. The number of aryl methyl sites for hydroxylation is 1. The van der Waals surface area contributed by atoms with Crippen LogP contribution in [0.5, 0.6) is 5.75 Å². The second-order valence-electron chi connectivity index (χ2n) is 5.37. The van der Waals surface area contributed by atoms with Gasteiger partial charge in [0, 0.05) is 12.8 Å². The molecule has 0 aliphatic rings. The van der Waals surface area contributed by atoms with Gasteiger partial charge in [0.15, 0.2) is 5.96 Å². The van der Waals surface area contributed by atoms with Crippen LogP contribution in [0.3, 0.4) is 0 Å². The molecule has 0 fully saturated rings. The molecular formula is C19H26IN3O2. The molecule has 0 saturated heterocycles. The van der Waals surface area contributed by atoms with E-state index in [0.29, 0.717) is 25.7 Å². The molecule has 25 heavy (non-hydrogen) atoms. The number of nitrogens with two attached hydrogens (primary N) is 1. The van der Waals surface area contributed by atoms with Crippen LogP contribution in [-0.4, -0.2) is 26.3 Å². The zero-order valence-corrected chi connectivity index (χ0v) is 17.0. The van der Waals surface area contributed by atoms with Gasteiger partial charge in [-0.3, -0.25) is 0 Å². The van der Waals surface area contributed by atoms with Gasteiger partial charge in [-0.25, -0.2) is 4.99 Å². The summed E-state index contributed by atoms with van der Waals surface area (Å²) < 4.78 is 10.6. The fraction of sp³-hybridized carbons (Fsp3) is 0.316. The Hall–Kier alpha value is -1.80. The minimum Gasteiger partial charge on any atom is -0.491 e. The first-order chi connectivity index (χ1) is 11.7. The Kier molecular flexibility index (Phi) is 9.94. The van der Waals surface area contributed by atoms with Crippen molar-refractivity contribution in [1.82, 2.24) is 0 Å². The van der Waals surface area contributed by atoms with E-state index < -0.39 is 0 Å². The van der Waals surface area contributed by atoms with Crippen molar-refractivity contribution in [2.45, 2.75) is 19.9 Å². The van der Waals surface area contributed by atoms with Gasteiger partial charge in [-0.2, -0.15) is 0 Å². The summed E-state index contributed by atoms with van der Waals surface area (Å²) >= 11 is 0. The number of anilines is 1. The zero-order chi connectivity index (χ0) is 17.2. The molecule has 0 unspecified atom stereocenters. The quantitative estimate of drug-likeness (QED) is 0.275. The zero-order valence-electron chi connectivity index (χ0n) is 14.7. The monoisotopic (exact) mass is 455 g/mol. The number of ether oxygens (including phenoxy) is 2. The Morgan fingerprint density at radius 1 is 1.08 bits per heavy atom. The third kappa shape index (κ3) is 7.74. The van der Waals surface area contributed by atoms with Crippen LogP contribution in [0.25, 0.3) is 0 Å². The first-order valence-corrected chi connectivity index (χ1v) is 8.08. The Balaban J connectivity index is 0.00000312. The van der Waals surface area contributed by atoms with Crippen LogP contribution < -0.4 is 15.8 Å². The van der Waals surface area contributed by atoms with Crippen LogP contribution in [-0.2, 0) is 17.7 Å². The molecule has 0 spiro atoms. The van der Waals surface area contributed by atoms with Crippen LogP contribution >= 0.6 is 24.0 Å². The number of methoxy groups -OCH3 is 1. The highest BCUT2D eigenvalue weighted by Crippen LogP contribution is 2.14. The normalized spacial score (nSPS) is 10.9. The molecule has 136 valence electrons. The summed E-state index contributed by atoms with van der Waals surface area (Å²) in [7, 11) is 1.65. The standard InChI is InChI=1S/C19H25N3O2.HI/c1-3-15-7-9-17(10-8-15)22-19(20)21-14-16-5-4-6-18(13-16)24-12-11-23-2;/h4-10,13H,3,11-12,14H2,1-2H3,(H3,20,21,22);1H. The van der Waals surface area contributed by atoms with E-state index in [1.807, 2.05) is 36.4 Å². The third-order valence-electron chi connectivity index (χ3n) is 3.52. The number of nitrogens with one attached hydrogen (secondary N) is 1. The molecule has 2 rings (SSSR count). The van der Waals surface area contributed by atoms with Gasteiger partial charge in [-0.15, -0.1) is 24.0 Å². The van der Waals surface area contributed by atoms with Gasteiger partial charge in [0.25, 0.3) is 0 Å². The lowest BCUT2D eigenvalue weighted by atomic mass is 10.1. The Bertz CT molecular complexity index is 660. The second kappa shape index (κ2) is 11.7. The maximum Gasteiger partial charge on any atom is 0.193 e. The maximum atomic E-state index is 5.95. The first-order valence-electron chi connectivity index (χ1n) is 8.08. The molecule has 0 aromatic heterocycles. The number of benzene rings is 2. The number of hydrogen-bond donors (Lipinski definition) is 2. The average molecular weight is 455 g/mol. The van der Waals surface area contributed by atoms with E-state index in [4.69, 9.17) is 15.2 Å². The van der Waals surface area contributed by atoms with E-state index in [1.165, 1.54) is 5.56 Å². The molecule has 3 N–H and O–H groups in total. The van der Waals surface area contributed by atoms with Gasteiger partial charge in [-0.05, 0) is 41.8 Å². The Morgan fingerprint density at radius 2 is 1.84 bits per heavy atom. The van der Waals surface area contributed by atoms with Gasteiger partial charge in [-0.1, -0.05) is 31.2 Å². The van der Waals surface area contributed by atoms with Crippen molar-refractivity contribution in [1.29, 1.82) is 0 Å². The largest absolute Gasteiger partial charge is 0.491 e. The summed E-state index contributed by atoms with van der Waals surface area (Å²) in [5, 5.41) is 3.10. The first kappa shape index (κ1) is 21.2. The van der Waals surface area contributed by atoms with Crippen LogP contribution in [0.2, 0.25) is 0 Å². The molecule has 0 bridgehead atoms. The summed E-state index contributed by atoms with van der Waals surface area (Å²) in [4.78, 5) is 4.37. The Labute approximate surface area is 166 Å². The molecule has 0 radical (unpaired) electrons. The van der Waals surface area contributed by atoms with Crippen molar-refractivity contribution in [2.75, 3.05) is 25.6 Å². The molecule has 2 aromatic carbocycles. The van der Waals surface area contributed by atoms with Crippen molar-refractivity contribution in [3.05, 3.63) is 59.7 Å². The molecule has 0 aliphatic heterocycles. The van der Waals surface area contributed by atoms with Gasteiger partial charge in [0.2, 0.25) is 0 Å². The molecule has 0 saturated carbocycles. The fourth-order valence-electron chi connectivity index (χ4n) is 2.16. The van der Waals surface area contributed by atoms with Gasteiger partial charge < -0.3 is 20.5 Å². The number of nitrogens with zero attached hydrogens (tertiary/aromatic N) is 1. The average Bonchev–Trinajstić information content (AvgIpc) is 2.61. The lowest BCUT2D eigenvalue weighted by Crippen LogP contribution is -2.22. The molecule has 2 aromatic rings. The van der Waals surface area contributed by atoms with E-state index in [-0.39, 0.29) is 24.0 Å². The van der Waals surface area contributed by atoms with Crippen molar-refractivity contribution < 1.29 is 9.47 Å². The van der Waals surface area contributed by atoms with E-state index in [1.54, 1.807) is 7.11 Å². The van der Waals surface area contributed by atoms with Crippen molar-refractivity contribution in [3.63, 3.8) is 0 Å². The molecule has 0 atom stereocenters. The van der Waals surface area contributed by atoms with E-state index in [2.05, 4.69) is 29.4 Å². The van der Waals surface area contributed by atoms with E-state index >= 15 is 0 Å². The Morgan fingerprint density at radius 3 is 2.52 bits per heavy atom. The van der Waals surface area contributed by atoms with Crippen LogP contribution in [0.1, 0.15) is 18.1 Å². The summed E-state index contributed by atoms with van der Waals surface area (Å²) in [6.45, 7) is 3.72. The molecule has 0 heterocycles. The van der Waals surface area contributed by atoms with Gasteiger partial charge in [0.1, 0.15) is 12.4 Å². The van der Waals surface area contributed by atoms with E-state index in [9.17, 15) is 0 Å². The number of aliphatic imine (C=N–C) groups is 1. The smallest absolute Gasteiger partial charge is 0.193 e. The number of hydrogen-bond acceptors (Lipinski definition) is 3. The highest BCUT2D eigenvalue weighted by molar-refractivity contribution is 14.0. The van der Waals surface area contributed by atoms with Crippen molar-refractivity contribution >= 4 is 35.6 Å². The fourth-order valence-corrected chi connectivity index (χ4v) is 2.16. The van der Waals surface area contributed by atoms with Crippen molar-refractivity contribution in [2.24, 2.45) is 10.7 Å². The minimum absolute atomic E-state index is 0. The summed E-state index contributed by atoms with van der Waals surface area (Å²) in [6.07, 6.45) is 1.02. The third-order valence-corrected chi connectivity index (χ3v) is 3.52. The SMILES string of the molecule is CCc1ccc(NC(N)=NCc2cccc(OCCOC)c2)cc1.I. The topological polar surface area (TPSA) is 68.9 Å².